The summed E-state index contributed by atoms with van der Waals surface area (Å²) in [4.78, 5) is 12.3. The van der Waals surface area contributed by atoms with Crippen LogP contribution in [0.2, 0.25) is 5.02 Å². The van der Waals surface area contributed by atoms with Gasteiger partial charge < -0.3 is 10.1 Å². The molecule has 0 aliphatic carbocycles. The Bertz CT molecular complexity index is 416. The summed E-state index contributed by atoms with van der Waals surface area (Å²) in [7, 11) is 1.53. The topological polar surface area (TPSA) is 38.3 Å². The molecule has 1 aromatic carbocycles. The van der Waals surface area contributed by atoms with Gasteiger partial charge in [0.15, 0.2) is 5.78 Å². The van der Waals surface area contributed by atoms with Crippen LogP contribution in [-0.4, -0.2) is 25.0 Å². The van der Waals surface area contributed by atoms with Crippen LogP contribution < -0.4 is 10.1 Å². The van der Waals surface area contributed by atoms with Gasteiger partial charge >= 0.3 is 0 Å². The molecule has 0 amide bonds. The Balaban J connectivity index is 3.04. The molecule has 4 heteroatoms. The lowest BCUT2D eigenvalue weighted by Crippen LogP contribution is -2.46. The molecule has 17 heavy (non-hydrogen) atoms. The standard InChI is InChI=1S/C13H18ClNO2/c1-5-15-13(2,3)12(16)9-6-7-10(14)11(8-9)17-4/h6-8,15H,5H2,1-4H3. The highest BCUT2D eigenvalue weighted by Gasteiger charge is 2.27. The van der Waals surface area contributed by atoms with E-state index < -0.39 is 5.54 Å². The summed E-state index contributed by atoms with van der Waals surface area (Å²) in [5, 5.41) is 3.65. The summed E-state index contributed by atoms with van der Waals surface area (Å²) in [5.74, 6) is 0.541. The first-order valence-corrected chi connectivity index (χ1v) is 5.93. The molecule has 1 N–H and O–H groups in total. The predicted molar refractivity (Wildman–Crippen MR) is 70.1 cm³/mol. The number of halogens is 1. The molecule has 0 aromatic heterocycles. The van der Waals surface area contributed by atoms with Gasteiger partial charge in [0.1, 0.15) is 5.75 Å². The average Bonchev–Trinajstić information content (AvgIpc) is 2.28. The van der Waals surface area contributed by atoms with Crippen molar-refractivity contribution in [2.45, 2.75) is 26.3 Å². The third kappa shape index (κ3) is 3.20. The van der Waals surface area contributed by atoms with Crippen molar-refractivity contribution in [1.82, 2.24) is 5.32 Å². The summed E-state index contributed by atoms with van der Waals surface area (Å²) < 4.78 is 5.10. The molecule has 1 aromatic rings. The van der Waals surface area contributed by atoms with E-state index in [0.29, 0.717) is 16.3 Å². The molecule has 0 radical (unpaired) electrons. The quantitative estimate of drug-likeness (QED) is 0.823. The summed E-state index contributed by atoms with van der Waals surface area (Å²) >= 11 is 5.92. The monoisotopic (exact) mass is 255 g/mol. The minimum atomic E-state index is -0.590. The number of rotatable bonds is 5. The number of hydrogen-bond donors (Lipinski definition) is 1. The molecule has 1 rings (SSSR count). The van der Waals surface area contributed by atoms with Crippen molar-refractivity contribution < 1.29 is 9.53 Å². The molecule has 3 nitrogen and oxygen atoms in total. The minimum Gasteiger partial charge on any atom is -0.495 e. The fraction of sp³-hybridized carbons (Fsp3) is 0.462. The van der Waals surface area contributed by atoms with E-state index in [4.69, 9.17) is 16.3 Å². The van der Waals surface area contributed by atoms with Crippen molar-refractivity contribution in [3.8, 4) is 5.75 Å². The molecule has 0 unspecified atom stereocenters. The molecule has 0 saturated carbocycles. The number of benzene rings is 1. The van der Waals surface area contributed by atoms with Crippen molar-refractivity contribution in [1.29, 1.82) is 0 Å². The second kappa shape index (κ2) is 5.52. The van der Waals surface area contributed by atoms with Crippen LogP contribution in [-0.2, 0) is 0 Å². The fourth-order valence-corrected chi connectivity index (χ4v) is 1.88. The van der Waals surface area contributed by atoms with Gasteiger partial charge in [0.05, 0.1) is 17.7 Å². The van der Waals surface area contributed by atoms with Crippen molar-refractivity contribution >= 4 is 17.4 Å². The van der Waals surface area contributed by atoms with Crippen LogP contribution in [0.3, 0.4) is 0 Å². The zero-order valence-corrected chi connectivity index (χ0v) is 11.4. The number of nitrogens with one attached hydrogen (secondary N) is 1. The first-order chi connectivity index (χ1) is 7.92. The average molecular weight is 256 g/mol. The lowest BCUT2D eigenvalue weighted by Gasteiger charge is -2.24. The van der Waals surface area contributed by atoms with E-state index in [1.54, 1.807) is 18.2 Å². The Labute approximate surface area is 107 Å². The van der Waals surface area contributed by atoms with Gasteiger partial charge in [-0.15, -0.1) is 0 Å². The highest BCUT2D eigenvalue weighted by atomic mass is 35.5. The SMILES string of the molecule is CCNC(C)(C)C(=O)c1ccc(Cl)c(OC)c1. The molecular formula is C13H18ClNO2. The predicted octanol–water partition coefficient (Wildman–Crippen LogP) is 2.92. The maximum atomic E-state index is 12.3. The molecule has 0 bridgehead atoms. The van der Waals surface area contributed by atoms with Crippen LogP contribution in [0.15, 0.2) is 18.2 Å². The van der Waals surface area contributed by atoms with E-state index in [1.165, 1.54) is 7.11 Å². The molecule has 0 fully saturated rings. The third-order valence-electron chi connectivity index (χ3n) is 2.60. The molecule has 0 spiro atoms. The van der Waals surface area contributed by atoms with Gasteiger partial charge in [0.2, 0.25) is 0 Å². The van der Waals surface area contributed by atoms with E-state index in [2.05, 4.69) is 5.32 Å². The Morgan fingerprint density at radius 1 is 1.47 bits per heavy atom. The van der Waals surface area contributed by atoms with Crippen LogP contribution in [0, 0.1) is 0 Å². The van der Waals surface area contributed by atoms with Gasteiger partial charge in [-0.1, -0.05) is 18.5 Å². The van der Waals surface area contributed by atoms with Crippen LogP contribution >= 0.6 is 11.6 Å². The van der Waals surface area contributed by atoms with Gasteiger partial charge in [-0.05, 0) is 38.6 Å². The van der Waals surface area contributed by atoms with Gasteiger partial charge in [-0.3, -0.25) is 4.79 Å². The molecule has 0 aliphatic rings. The van der Waals surface area contributed by atoms with Crippen molar-refractivity contribution in [2.24, 2.45) is 0 Å². The normalized spacial score (nSPS) is 11.4. The second-order valence-corrected chi connectivity index (χ2v) is 4.74. The first-order valence-electron chi connectivity index (χ1n) is 5.55. The Hall–Kier alpha value is -1.06. The van der Waals surface area contributed by atoms with Crippen LogP contribution in [0.5, 0.6) is 5.75 Å². The summed E-state index contributed by atoms with van der Waals surface area (Å²) in [5.41, 5.74) is 0.00494. The largest absolute Gasteiger partial charge is 0.495 e. The second-order valence-electron chi connectivity index (χ2n) is 4.33. The van der Waals surface area contributed by atoms with E-state index in [1.807, 2.05) is 20.8 Å². The number of Topliss-reactive ketones (excluding diaryl/α,β-unsaturated/α-hetero) is 1. The minimum absolute atomic E-state index is 0.0225. The van der Waals surface area contributed by atoms with Crippen molar-refractivity contribution in [2.75, 3.05) is 13.7 Å². The fourth-order valence-electron chi connectivity index (χ4n) is 1.68. The van der Waals surface area contributed by atoms with Gasteiger partial charge in [0, 0.05) is 5.56 Å². The Morgan fingerprint density at radius 2 is 2.12 bits per heavy atom. The zero-order chi connectivity index (χ0) is 13.1. The lowest BCUT2D eigenvalue weighted by molar-refractivity contribution is 0.0883. The molecule has 0 heterocycles. The van der Waals surface area contributed by atoms with Crippen molar-refractivity contribution in [3.63, 3.8) is 0 Å². The van der Waals surface area contributed by atoms with Gasteiger partial charge in [-0.25, -0.2) is 0 Å². The highest BCUT2D eigenvalue weighted by molar-refractivity contribution is 6.32. The maximum Gasteiger partial charge on any atom is 0.182 e. The van der Waals surface area contributed by atoms with Gasteiger partial charge in [0.25, 0.3) is 0 Å². The summed E-state index contributed by atoms with van der Waals surface area (Å²) in [6.45, 7) is 6.43. The van der Waals surface area contributed by atoms with Gasteiger partial charge in [-0.2, -0.15) is 0 Å². The van der Waals surface area contributed by atoms with Crippen LogP contribution in [0.1, 0.15) is 31.1 Å². The number of hydrogen-bond acceptors (Lipinski definition) is 3. The van der Waals surface area contributed by atoms with Crippen molar-refractivity contribution in [3.05, 3.63) is 28.8 Å². The Kier molecular flexibility index (Phi) is 4.54. The number of carbonyl (C=O) groups excluding carboxylic acids is 1. The molecular weight excluding hydrogens is 238 g/mol. The highest BCUT2D eigenvalue weighted by Crippen LogP contribution is 2.26. The number of carbonyl (C=O) groups is 1. The number of ether oxygens (including phenoxy) is 1. The third-order valence-corrected chi connectivity index (χ3v) is 2.91. The molecule has 0 atom stereocenters. The number of likely N-dealkylation sites (N-methyl/N-ethyl adjacent to an activating group) is 1. The number of methoxy groups -OCH3 is 1. The first kappa shape index (κ1) is 14.0. The maximum absolute atomic E-state index is 12.3. The van der Waals surface area contributed by atoms with E-state index >= 15 is 0 Å². The number of ketones is 1. The van der Waals surface area contributed by atoms with E-state index in [-0.39, 0.29) is 5.78 Å². The smallest absolute Gasteiger partial charge is 0.182 e. The van der Waals surface area contributed by atoms with E-state index in [0.717, 1.165) is 6.54 Å². The Morgan fingerprint density at radius 3 is 2.65 bits per heavy atom. The molecule has 94 valence electrons. The summed E-state index contributed by atoms with van der Waals surface area (Å²) in [6, 6.07) is 5.06. The van der Waals surface area contributed by atoms with E-state index in [9.17, 15) is 4.79 Å². The van der Waals surface area contributed by atoms with Crippen LogP contribution in [0.4, 0.5) is 0 Å². The van der Waals surface area contributed by atoms with Crippen LogP contribution in [0.25, 0.3) is 0 Å². The zero-order valence-electron chi connectivity index (χ0n) is 10.6. The summed E-state index contributed by atoms with van der Waals surface area (Å²) in [6.07, 6.45) is 0. The molecule has 0 aliphatic heterocycles. The lowest BCUT2D eigenvalue weighted by atomic mass is 9.93. The molecule has 0 saturated heterocycles.